The van der Waals surface area contributed by atoms with Crippen molar-refractivity contribution in [2.75, 3.05) is 5.32 Å². The Kier molecular flexibility index (Phi) is 4.36. The predicted molar refractivity (Wildman–Crippen MR) is 80.2 cm³/mol. The molecule has 5 nitrogen and oxygen atoms in total. The second kappa shape index (κ2) is 6.02. The van der Waals surface area contributed by atoms with Crippen LogP contribution in [-0.2, 0) is 0 Å². The summed E-state index contributed by atoms with van der Waals surface area (Å²) in [5.74, 6) is -0.563. The molecule has 102 valence electrons. The Bertz CT molecular complexity index is 691. The van der Waals surface area contributed by atoms with Crippen LogP contribution in [0.25, 0.3) is 0 Å². The highest BCUT2D eigenvalue weighted by molar-refractivity contribution is 9.10. The average molecular weight is 356 g/mol. The zero-order valence-corrected chi connectivity index (χ0v) is 12.3. The number of hydrogen-bond acceptors (Lipinski definition) is 3. The van der Waals surface area contributed by atoms with E-state index in [0.717, 1.165) is 10.5 Å². The molecule has 0 spiro atoms. The highest BCUT2D eigenvalue weighted by atomic mass is 79.9. The molecule has 0 heterocycles. The molecule has 0 atom stereocenters. The Balaban J connectivity index is 2.32. The van der Waals surface area contributed by atoms with Crippen molar-refractivity contribution in [1.82, 2.24) is 0 Å². The normalized spacial score (nSPS) is 10.1. The number of carbonyl (C=O) groups excluding carboxylic acids is 1. The summed E-state index contributed by atoms with van der Waals surface area (Å²) in [6, 6.07) is 10.8. The van der Waals surface area contributed by atoms with Gasteiger partial charge in [-0.2, -0.15) is 0 Å². The van der Waals surface area contributed by atoms with E-state index in [1.54, 1.807) is 24.3 Å². The number of nitrogens with zero attached hydrogens (tertiary/aromatic N) is 1. The van der Waals surface area contributed by atoms with Crippen LogP contribution in [0.4, 0.5) is 11.4 Å². The maximum absolute atomic E-state index is 12.1. The van der Waals surface area contributed by atoms with Crippen LogP contribution in [0, 0.1) is 10.1 Å². The lowest BCUT2D eigenvalue weighted by atomic mass is 10.1. The molecule has 20 heavy (non-hydrogen) atoms. The van der Waals surface area contributed by atoms with E-state index in [9.17, 15) is 14.9 Å². The van der Waals surface area contributed by atoms with Gasteiger partial charge in [0.15, 0.2) is 0 Å². The van der Waals surface area contributed by atoms with Gasteiger partial charge in [-0.05, 0) is 30.3 Å². The van der Waals surface area contributed by atoms with Gasteiger partial charge < -0.3 is 5.32 Å². The van der Waals surface area contributed by atoms with Crippen LogP contribution in [-0.4, -0.2) is 10.8 Å². The maximum Gasteiger partial charge on any atom is 0.283 e. The second-order valence-corrected chi connectivity index (χ2v) is 5.24. The summed E-state index contributed by atoms with van der Waals surface area (Å²) in [7, 11) is 0. The molecule has 2 rings (SSSR count). The Morgan fingerprint density at radius 2 is 2.00 bits per heavy atom. The van der Waals surface area contributed by atoms with E-state index in [1.807, 2.05) is 0 Å². The lowest BCUT2D eigenvalue weighted by Crippen LogP contribution is -2.13. The van der Waals surface area contributed by atoms with Crippen LogP contribution < -0.4 is 5.32 Å². The molecule has 7 heteroatoms. The van der Waals surface area contributed by atoms with E-state index in [4.69, 9.17) is 11.6 Å². The molecule has 0 saturated heterocycles. The highest BCUT2D eigenvalue weighted by Gasteiger charge is 2.20. The van der Waals surface area contributed by atoms with Crippen molar-refractivity contribution in [2.24, 2.45) is 0 Å². The SMILES string of the molecule is O=C(Nc1cccc(Br)c1)c1ccc(Cl)cc1[N+](=O)[O-]. The average Bonchev–Trinajstić information content (AvgIpc) is 2.38. The molecule has 0 radical (unpaired) electrons. The van der Waals surface area contributed by atoms with Crippen molar-refractivity contribution in [3.8, 4) is 0 Å². The number of amides is 1. The first kappa shape index (κ1) is 14.5. The first-order valence-electron chi connectivity index (χ1n) is 5.48. The van der Waals surface area contributed by atoms with E-state index in [1.165, 1.54) is 12.1 Å². The molecule has 0 unspecified atom stereocenters. The number of carbonyl (C=O) groups is 1. The molecule has 0 aliphatic carbocycles. The Morgan fingerprint density at radius 1 is 1.25 bits per heavy atom. The summed E-state index contributed by atoms with van der Waals surface area (Å²) in [6.45, 7) is 0. The summed E-state index contributed by atoms with van der Waals surface area (Å²) < 4.78 is 0.793. The van der Waals surface area contributed by atoms with Crippen molar-refractivity contribution >= 4 is 44.8 Å². The number of halogens is 2. The number of nitro benzene ring substituents is 1. The van der Waals surface area contributed by atoms with Crippen molar-refractivity contribution < 1.29 is 9.72 Å². The molecule has 0 aromatic heterocycles. The van der Waals surface area contributed by atoms with E-state index >= 15 is 0 Å². The smallest absolute Gasteiger partial charge is 0.283 e. The largest absolute Gasteiger partial charge is 0.322 e. The van der Waals surface area contributed by atoms with Gasteiger partial charge in [-0.25, -0.2) is 0 Å². The fourth-order valence-electron chi connectivity index (χ4n) is 1.61. The van der Waals surface area contributed by atoms with Crippen LogP contribution in [0.5, 0.6) is 0 Å². The number of hydrogen-bond donors (Lipinski definition) is 1. The van der Waals surface area contributed by atoms with Crippen LogP contribution in [0.2, 0.25) is 5.02 Å². The van der Waals surface area contributed by atoms with Gasteiger partial charge in [0.05, 0.1) is 4.92 Å². The minimum Gasteiger partial charge on any atom is -0.322 e. The Labute approximate surface area is 127 Å². The topological polar surface area (TPSA) is 72.2 Å². The molecule has 0 bridgehead atoms. The summed E-state index contributed by atoms with van der Waals surface area (Å²) >= 11 is 8.98. The fraction of sp³-hybridized carbons (Fsp3) is 0. The third-order valence-corrected chi connectivity index (χ3v) is 3.21. The number of anilines is 1. The third kappa shape index (κ3) is 3.34. The number of benzene rings is 2. The molecule has 0 aliphatic heterocycles. The van der Waals surface area contributed by atoms with Crippen LogP contribution in [0.15, 0.2) is 46.9 Å². The predicted octanol–water partition coefficient (Wildman–Crippen LogP) is 4.26. The van der Waals surface area contributed by atoms with Gasteiger partial charge in [0.2, 0.25) is 0 Å². The molecule has 0 saturated carbocycles. The monoisotopic (exact) mass is 354 g/mol. The summed E-state index contributed by atoms with van der Waals surface area (Å²) in [4.78, 5) is 22.4. The lowest BCUT2D eigenvalue weighted by molar-refractivity contribution is -0.385. The van der Waals surface area contributed by atoms with E-state index in [0.29, 0.717) is 5.69 Å². The van der Waals surface area contributed by atoms with Gasteiger partial charge in [-0.1, -0.05) is 33.6 Å². The van der Waals surface area contributed by atoms with Crippen molar-refractivity contribution in [1.29, 1.82) is 0 Å². The molecule has 2 aromatic carbocycles. The summed E-state index contributed by atoms with van der Waals surface area (Å²) in [5.41, 5.74) is 0.165. The summed E-state index contributed by atoms with van der Waals surface area (Å²) in [6.07, 6.45) is 0. The molecule has 2 aromatic rings. The van der Waals surface area contributed by atoms with E-state index in [2.05, 4.69) is 21.2 Å². The van der Waals surface area contributed by atoms with Gasteiger partial charge in [0.1, 0.15) is 5.56 Å². The first-order valence-corrected chi connectivity index (χ1v) is 6.65. The number of rotatable bonds is 3. The van der Waals surface area contributed by atoms with Crippen LogP contribution in [0.3, 0.4) is 0 Å². The van der Waals surface area contributed by atoms with Crippen molar-refractivity contribution in [3.63, 3.8) is 0 Å². The van der Waals surface area contributed by atoms with Gasteiger partial charge in [-0.3, -0.25) is 14.9 Å². The Hall–Kier alpha value is -1.92. The molecular formula is C13H8BrClN2O3. The molecule has 1 amide bonds. The van der Waals surface area contributed by atoms with E-state index in [-0.39, 0.29) is 16.3 Å². The van der Waals surface area contributed by atoms with Gasteiger partial charge in [0, 0.05) is 21.2 Å². The van der Waals surface area contributed by atoms with Gasteiger partial charge in [-0.15, -0.1) is 0 Å². The first-order chi connectivity index (χ1) is 9.47. The molecular weight excluding hydrogens is 348 g/mol. The number of nitro groups is 1. The standard InChI is InChI=1S/C13H8BrClN2O3/c14-8-2-1-3-10(6-8)16-13(18)11-5-4-9(15)7-12(11)17(19)20/h1-7H,(H,16,18). The highest BCUT2D eigenvalue weighted by Crippen LogP contribution is 2.24. The van der Waals surface area contributed by atoms with Gasteiger partial charge >= 0.3 is 0 Å². The molecule has 1 N–H and O–H groups in total. The zero-order valence-electron chi connectivity index (χ0n) is 9.97. The number of nitrogens with one attached hydrogen (secondary N) is 1. The summed E-state index contributed by atoms with van der Waals surface area (Å²) in [5, 5.41) is 13.7. The van der Waals surface area contributed by atoms with Crippen LogP contribution >= 0.6 is 27.5 Å². The van der Waals surface area contributed by atoms with Gasteiger partial charge in [0.25, 0.3) is 11.6 Å². The lowest BCUT2D eigenvalue weighted by Gasteiger charge is -2.06. The zero-order chi connectivity index (χ0) is 14.7. The third-order valence-electron chi connectivity index (χ3n) is 2.48. The second-order valence-electron chi connectivity index (χ2n) is 3.88. The minimum atomic E-state index is -0.637. The van der Waals surface area contributed by atoms with E-state index < -0.39 is 10.8 Å². The van der Waals surface area contributed by atoms with Crippen molar-refractivity contribution in [2.45, 2.75) is 0 Å². The maximum atomic E-state index is 12.1. The minimum absolute atomic E-state index is 0.0422. The molecule has 0 fully saturated rings. The quantitative estimate of drug-likeness (QED) is 0.660. The van der Waals surface area contributed by atoms with Crippen molar-refractivity contribution in [3.05, 3.63) is 67.6 Å². The Morgan fingerprint density at radius 3 is 2.65 bits per heavy atom. The molecule has 0 aliphatic rings. The fourth-order valence-corrected chi connectivity index (χ4v) is 2.18. The van der Waals surface area contributed by atoms with Crippen LogP contribution in [0.1, 0.15) is 10.4 Å².